The first-order valence-corrected chi connectivity index (χ1v) is 6.72. The summed E-state index contributed by atoms with van der Waals surface area (Å²) in [6, 6.07) is 7.23. The van der Waals surface area contributed by atoms with Gasteiger partial charge in [0.05, 0.1) is 6.54 Å². The molecule has 0 aliphatic carbocycles. The first-order valence-electron chi connectivity index (χ1n) is 6.72. The fraction of sp³-hybridized carbons (Fsp3) is 0.357. The van der Waals surface area contributed by atoms with E-state index in [1.807, 2.05) is 24.3 Å². The minimum absolute atomic E-state index is 0.0718. The maximum atomic E-state index is 11.8. The molecule has 7 nitrogen and oxygen atoms in total. The van der Waals surface area contributed by atoms with Crippen molar-refractivity contribution in [3.05, 3.63) is 29.8 Å². The Kier molecular flexibility index (Phi) is 3.47. The topological polar surface area (TPSA) is 87.7 Å². The van der Waals surface area contributed by atoms with Crippen molar-refractivity contribution in [3.8, 4) is 5.75 Å². The third-order valence-electron chi connectivity index (χ3n) is 3.44. The van der Waals surface area contributed by atoms with Gasteiger partial charge in [-0.1, -0.05) is 18.2 Å². The number of para-hydroxylation sites is 1. The second-order valence-corrected chi connectivity index (χ2v) is 5.07. The van der Waals surface area contributed by atoms with Crippen LogP contribution in [0.1, 0.15) is 5.56 Å². The number of imide groups is 1. The number of ether oxygens (including phenoxy) is 1. The predicted molar refractivity (Wildman–Crippen MR) is 72.7 cm³/mol. The Morgan fingerprint density at radius 2 is 2.19 bits per heavy atom. The summed E-state index contributed by atoms with van der Waals surface area (Å²) in [4.78, 5) is 35.3. The summed E-state index contributed by atoms with van der Waals surface area (Å²) in [5.41, 5.74) is 1.13. The van der Waals surface area contributed by atoms with E-state index in [0.29, 0.717) is 6.54 Å². The molecule has 2 aliphatic rings. The number of hydrogen-bond acceptors (Lipinski definition) is 4. The summed E-state index contributed by atoms with van der Waals surface area (Å²) >= 11 is 0. The minimum Gasteiger partial charge on any atom is -0.488 e. The van der Waals surface area contributed by atoms with E-state index in [1.54, 1.807) is 0 Å². The molecule has 7 heteroatoms. The lowest BCUT2D eigenvalue weighted by Crippen LogP contribution is -2.42. The van der Waals surface area contributed by atoms with E-state index in [0.717, 1.165) is 17.7 Å². The first kappa shape index (κ1) is 13.4. The highest BCUT2D eigenvalue weighted by atomic mass is 16.5. The monoisotopic (exact) mass is 289 g/mol. The molecule has 1 saturated heterocycles. The molecule has 2 N–H and O–H groups in total. The van der Waals surface area contributed by atoms with Gasteiger partial charge < -0.3 is 15.0 Å². The zero-order chi connectivity index (χ0) is 14.8. The standard InChI is InChI=1S/C14H15N3O4/c18-12(7-17-8-13(19)16-14(17)20)15-6-10-5-9-3-1-2-4-11(9)21-10/h1-4,10H,5-8H2,(H,15,18)(H,16,19,20). The van der Waals surface area contributed by atoms with Crippen molar-refractivity contribution in [2.45, 2.75) is 12.5 Å². The molecule has 0 spiro atoms. The van der Waals surface area contributed by atoms with Crippen LogP contribution in [0, 0.1) is 0 Å². The van der Waals surface area contributed by atoms with Gasteiger partial charge in [0.15, 0.2) is 0 Å². The highest BCUT2D eigenvalue weighted by Gasteiger charge is 2.29. The molecule has 0 bridgehead atoms. The van der Waals surface area contributed by atoms with E-state index in [2.05, 4.69) is 10.6 Å². The summed E-state index contributed by atoms with van der Waals surface area (Å²) in [7, 11) is 0. The van der Waals surface area contributed by atoms with Gasteiger partial charge in [0.2, 0.25) is 11.8 Å². The van der Waals surface area contributed by atoms with E-state index in [4.69, 9.17) is 4.74 Å². The lowest BCUT2D eigenvalue weighted by Gasteiger charge is -2.15. The summed E-state index contributed by atoms with van der Waals surface area (Å²) in [5, 5.41) is 4.85. The fourth-order valence-corrected chi connectivity index (χ4v) is 2.44. The SMILES string of the molecule is O=C(CN1CC(=O)NC1=O)NCC1Cc2ccccc2O1. The molecule has 1 aromatic rings. The van der Waals surface area contributed by atoms with Crippen molar-refractivity contribution in [1.82, 2.24) is 15.5 Å². The highest BCUT2D eigenvalue weighted by molar-refractivity contribution is 6.03. The average molecular weight is 289 g/mol. The van der Waals surface area contributed by atoms with Crippen LogP contribution < -0.4 is 15.4 Å². The number of nitrogens with zero attached hydrogens (tertiary/aromatic N) is 1. The molecule has 21 heavy (non-hydrogen) atoms. The number of fused-ring (bicyclic) bond motifs is 1. The van der Waals surface area contributed by atoms with Crippen LogP contribution in [0.2, 0.25) is 0 Å². The minimum atomic E-state index is -0.528. The Morgan fingerprint density at radius 3 is 2.90 bits per heavy atom. The molecule has 110 valence electrons. The van der Waals surface area contributed by atoms with E-state index in [1.165, 1.54) is 4.90 Å². The lowest BCUT2D eigenvalue weighted by atomic mass is 10.1. The van der Waals surface area contributed by atoms with E-state index in [9.17, 15) is 14.4 Å². The van der Waals surface area contributed by atoms with Crippen LogP contribution in [0.25, 0.3) is 0 Å². The van der Waals surface area contributed by atoms with Gasteiger partial charge in [-0.3, -0.25) is 14.9 Å². The molecular formula is C14H15N3O4. The number of rotatable bonds is 4. The largest absolute Gasteiger partial charge is 0.488 e. The van der Waals surface area contributed by atoms with Gasteiger partial charge in [-0.2, -0.15) is 0 Å². The molecule has 1 fully saturated rings. The number of amides is 4. The van der Waals surface area contributed by atoms with Crippen LogP contribution in [0.3, 0.4) is 0 Å². The Bertz CT molecular complexity index is 577. The average Bonchev–Trinajstić information content (AvgIpc) is 2.99. The van der Waals surface area contributed by atoms with Crippen LogP contribution in [-0.2, 0) is 16.0 Å². The highest BCUT2D eigenvalue weighted by Crippen LogP contribution is 2.27. The number of hydrogen-bond donors (Lipinski definition) is 2. The van der Waals surface area contributed by atoms with Crippen LogP contribution in [0.4, 0.5) is 4.79 Å². The van der Waals surface area contributed by atoms with E-state index < -0.39 is 6.03 Å². The quantitative estimate of drug-likeness (QED) is 0.742. The molecule has 2 aliphatic heterocycles. The molecule has 3 rings (SSSR count). The Balaban J connectivity index is 1.45. The van der Waals surface area contributed by atoms with Gasteiger partial charge in [0.25, 0.3) is 0 Å². The molecule has 1 atom stereocenters. The van der Waals surface area contributed by atoms with Gasteiger partial charge in [0.1, 0.15) is 24.9 Å². The molecule has 0 radical (unpaired) electrons. The van der Waals surface area contributed by atoms with Crippen molar-refractivity contribution in [2.75, 3.05) is 19.6 Å². The van der Waals surface area contributed by atoms with Gasteiger partial charge in [-0.15, -0.1) is 0 Å². The fourth-order valence-electron chi connectivity index (χ4n) is 2.44. The smallest absolute Gasteiger partial charge is 0.325 e. The maximum absolute atomic E-state index is 11.8. The van der Waals surface area contributed by atoms with Crippen molar-refractivity contribution >= 4 is 17.8 Å². The molecule has 0 saturated carbocycles. The maximum Gasteiger partial charge on any atom is 0.325 e. The van der Waals surface area contributed by atoms with Crippen molar-refractivity contribution in [3.63, 3.8) is 0 Å². The van der Waals surface area contributed by atoms with Gasteiger partial charge in [-0.25, -0.2) is 4.79 Å². The second kappa shape index (κ2) is 5.43. The third-order valence-corrected chi connectivity index (χ3v) is 3.44. The van der Waals surface area contributed by atoms with Gasteiger partial charge >= 0.3 is 6.03 Å². The third kappa shape index (κ3) is 2.96. The zero-order valence-electron chi connectivity index (χ0n) is 11.3. The summed E-state index contributed by atoms with van der Waals surface area (Å²) in [6.45, 7) is 0.172. The Morgan fingerprint density at radius 1 is 1.38 bits per heavy atom. The van der Waals surface area contributed by atoms with Crippen LogP contribution in [0.5, 0.6) is 5.75 Å². The number of carbonyl (C=O) groups is 3. The number of benzene rings is 1. The summed E-state index contributed by atoms with van der Waals surface area (Å²) in [6.07, 6.45) is 0.652. The number of urea groups is 1. The number of nitrogens with one attached hydrogen (secondary N) is 2. The van der Waals surface area contributed by atoms with Crippen LogP contribution >= 0.6 is 0 Å². The van der Waals surface area contributed by atoms with Crippen molar-refractivity contribution < 1.29 is 19.1 Å². The second-order valence-electron chi connectivity index (χ2n) is 5.07. The zero-order valence-corrected chi connectivity index (χ0v) is 11.3. The van der Waals surface area contributed by atoms with E-state index in [-0.39, 0.29) is 31.0 Å². The Hall–Kier alpha value is -2.57. The Labute approximate surface area is 121 Å². The molecule has 0 aromatic heterocycles. The number of carbonyl (C=O) groups excluding carboxylic acids is 3. The molecule has 1 aromatic carbocycles. The summed E-state index contributed by atoms with van der Waals surface area (Å²) in [5.74, 6) is 0.156. The summed E-state index contributed by atoms with van der Waals surface area (Å²) < 4.78 is 5.70. The molecular weight excluding hydrogens is 274 g/mol. The van der Waals surface area contributed by atoms with Crippen LogP contribution in [-0.4, -0.2) is 48.5 Å². The first-order chi connectivity index (χ1) is 10.1. The van der Waals surface area contributed by atoms with Crippen molar-refractivity contribution in [2.24, 2.45) is 0 Å². The molecule has 4 amide bonds. The van der Waals surface area contributed by atoms with Crippen LogP contribution in [0.15, 0.2) is 24.3 Å². The van der Waals surface area contributed by atoms with Gasteiger partial charge in [0, 0.05) is 6.42 Å². The predicted octanol–water partition coefficient (Wildman–Crippen LogP) is -0.342. The van der Waals surface area contributed by atoms with Crippen molar-refractivity contribution in [1.29, 1.82) is 0 Å². The molecule has 2 heterocycles. The lowest BCUT2D eigenvalue weighted by molar-refractivity contribution is -0.122. The van der Waals surface area contributed by atoms with E-state index >= 15 is 0 Å². The molecule has 1 unspecified atom stereocenters. The normalized spacial score (nSPS) is 20.0. The van der Waals surface area contributed by atoms with Gasteiger partial charge in [-0.05, 0) is 11.6 Å².